The maximum absolute atomic E-state index is 3.51. The first-order chi connectivity index (χ1) is 5.09. The highest BCUT2D eigenvalue weighted by atomic mass is 79.9. The Bertz CT molecular complexity index is 136. The lowest BCUT2D eigenvalue weighted by molar-refractivity contribution is 0.658. The molecular formula is C7H14BBr2N. The average molecular weight is 283 g/mol. The van der Waals surface area contributed by atoms with Crippen LogP contribution in [-0.2, 0) is 0 Å². The maximum atomic E-state index is 3.51. The van der Waals surface area contributed by atoms with Crippen LogP contribution in [0.3, 0.4) is 0 Å². The van der Waals surface area contributed by atoms with Crippen LogP contribution in [0.4, 0.5) is 0 Å². The van der Waals surface area contributed by atoms with Gasteiger partial charge in [0.05, 0.1) is 0 Å². The van der Waals surface area contributed by atoms with Crippen molar-refractivity contribution in [2.75, 3.05) is 12.4 Å². The molecule has 0 unspecified atom stereocenters. The lowest BCUT2D eigenvalue weighted by Crippen LogP contribution is -2.26. The molecule has 4 heteroatoms. The third kappa shape index (κ3) is 4.91. The molecule has 0 aromatic heterocycles. The molecule has 0 spiro atoms. The Balaban J connectivity index is 3.89. The van der Waals surface area contributed by atoms with E-state index >= 15 is 0 Å². The van der Waals surface area contributed by atoms with E-state index in [-0.39, 0.29) is 0 Å². The molecule has 64 valence electrons. The highest BCUT2D eigenvalue weighted by Gasteiger charge is 2.08. The van der Waals surface area contributed by atoms with E-state index in [1.807, 2.05) is 0 Å². The van der Waals surface area contributed by atoms with Gasteiger partial charge in [-0.2, -0.15) is 0 Å². The van der Waals surface area contributed by atoms with Crippen molar-refractivity contribution in [2.45, 2.75) is 20.2 Å². The first-order valence-electron chi connectivity index (χ1n) is 3.69. The number of halogens is 2. The molecule has 0 aliphatic carbocycles. The van der Waals surface area contributed by atoms with Crippen LogP contribution < -0.4 is 0 Å². The van der Waals surface area contributed by atoms with E-state index in [4.69, 9.17) is 0 Å². The molecule has 0 aromatic rings. The van der Waals surface area contributed by atoms with Crippen molar-refractivity contribution in [2.24, 2.45) is 0 Å². The minimum absolute atomic E-state index is 0.411. The van der Waals surface area contributed by atoms with Gasteiger partial charge < -0.3 is 4.81 Å². The molecule has 0 aromatic carbocycles. The van der Waals surface area contributed by atoms with E-state index in [1.54, 1.807) is 0 Å². The second-order valence-corrected chi connectivity index (χ2v) is 4.63. The fourth-order valence-electron chi connectivity index (χ4n) is 0.688. The Morgan fingerprint density at radius 3 is 2.55 bits per heavy atom. The molecule has 0 N–H and O–H groups in total. The zero-order valence-electron chi connectivity index (χ0n) is 7.27. The Kier molecular flexibility index (Phi) is 6.44. The highest BCUT2D eigenvalue weighted by molar-refractivity contribution is 9.24. The minimum Gasteiger partial charge on any atom is -0.412 e. The molecule has 0 rings (SSSR count). The van der Waals surface area contributed by atoms with Crippen LogP contribution in [-0.4, -0.2) is 22.9 Å². The first-order valence-corrected chi connectivity index (χ1v) is 5.73. The molecule has 0 radical (unpaired) electrons. The molecular weight excluding hydrogens is 269 g/mol. The van der Waals surface area contributed by atoms with Crippen LogP contribution in [0.5, 0.6) is 0 Å². The van der Waals surface area contributed by atoms with Gasteiger partial charge >= 0.3 is 5.67 Å². The van der Waals surface area contributed by atoms with Crippen LogP contribution in [0.1, 0.15) is 13.3 Å². The number of nitrogens with zero attached hydrogens (tertiary/aromatic N) is 1. The molecule has 0 saturated heterocycles. The van der Waals surface area contributed by atoms with Gasteiger partial charge in [-0.3, -0.25) is 0 Å². The first kappa shape index (κ1) is 11.6. The van der Waals surface area contributed by atoms with E-state index in [0.717, 1.165) is 11.8 Å². The van der Waals surface area contributed by atoms with Crippen LogP contribution in [0.2, 0.25) is 6.82 Å². The fraction of sp³-hybridized carbons (Fsp3) is 0.714. The summed E-state index contributed by atoms with van der Waals surface area (Å²) in [5, 5.41) is 1.04. The molecule has 0 amide bonds. The van der Waals surface area contributed by atoms with Crippen molar-refractivity contribution in [1.82, 2.24) is 4.81 Å². The van der Waals surface area contributed by atoms with E-state index in [1.165, 1.54) is 5.70 Å². The molecule has 0 fully saturated rings. The van der Waals surface area contributed by atoms with Crippen LogP contribution in [0.25, 0.3) is 0 Å². The van der Waals surface area contributed by atoms with Crippen molar-refractivity contribution in [3.8, 4) is 0 Å². The van der Waals surface area contributed by atoms with E-state index in [0.29, 0.717) is 5.67 Å². The third-order valence-electron chi connectivity index (χ3n) is 1.64. The van der Waals surface area contributed by atoms with E-state index in [9.17, 15) is 0 Å². The van der Waals surface area contributed by atoms with Crippen molar-refractivity contribution in [1.29, 1.82) is 0 Å². The Morgan fingerprint density at radius 1 is 1.64 bits per heavy atom. The molecule has 0 saturated carbocycles. The zero-order chi connectivity index (χ0) is 8.85. The van der Waals surface area contributed by atoms with Gasteiger partial charge in [0.15, 0.2) is 0 Å². The maximum Gasteiger partial charge on any atom is 0.329 e. The topological polar surface area (TPSA) is 3.24 Å². The molecule has 11 heavy (non-hydrogen) atoms. The Morgan fingerprint density at radius 2 is 2.18 bits per heavy atom. The third-order valence-corrected chi connectivity index (χ3v) is 2.71. The Hall–Kier alpha value is 0.565. The number of rotatable bonds is 4. The second kappa shape index (κ2) is 6.12. The van der Waals surface area contributed by atoms with Crippen molar-refractivity contribution < 1.29 is 0 Å². The Labute approximate surface area is 86.4 Å². The van der Waals surface area contributed by atoms with Gasteiger partial charge in [0, 0.05) is 5.33 Å². The van der Waals surface area contributed by atoms with Crippen molar-refractivity contribution >= 4 is 37.4 Å². The summed E-state index contributed by atoms with van der Waals surface area (Å²) >= 11 is 6.89. The number of allylic oxidation sites excluding steroid dienone is 2. The van der Waals surface area contributed by atoms with Crippen molar-refractivity contribution in [3.05, 3.63) is 11.8 Å². The van der Waals surface area contributed by atoms with E-state index in [2.05, 4.69) is 63.4 Å². The summed E-state index contributed by atoms with van der Waals surface area (Å²) < 4.78 is 0. The van der Waals surface area contributed by atoms with Gasteiger partial charge in [-0.15, -0.1) is 15.8 Å². The number of alkyl halides is 1. The molecule has 1 nitrogen and oxygen atoms in total. The van der Waals surface area contributed by atoms with Crippen LogP contribution >= 0.6 is 31.7 Å². The van der Waals surface area contributed by atoms with Crippen LogP contribution in [0.15, 0.2) is 11.8 Å². The summed E-state index contributed by atoms with van der Waals surface area (Å²) in [6.07, 6.45) is 3.32. The van der Waals surface area contributed by atoms with Gasteiger partial charge in [0.25, 0.3) is 0 Å². The van der Waals surface area contributed by atoms with Gasteiger partial charge in [-0.25, -0.2) is 0 Å². The molecule has 0 heterocycles. The SMILES string of the molecule is CB(Br)N(C)/C(C)=C\CCBr. The minimum atomic E-state index is 0.411. The normalized spacial score (nSPS) is 11.5. The fourth-order valence-corrected chi connectivity index (χ4v) is 1.24. The average Bonchev–Trinajstić information content (AvgIpc) is 1.98. The quantitative estimate of drug-likeness (QED) is 0.566. The standard InChI is InChI=1S/C7H14BBr2N/c1-7(5-4-6-9)11(3)8(2)10/h5H,4,6H2,1-3H3/b7-5-. The predicted molar refractivity (Wildman–Crippen MR) is 60.5 cm³/mol. The smallest absolute Gasteiger partial charge is 0.329 e. The van der Waals surface area contributed by atoms with Crippen LogP contribution in [0, 0.1) is 0 Å². The molecule has 0 atom stereocenters. The highest BCUT2D eigenvalue weighted by Crippen LogP contribution is 2.08. The summed E-state index contributed by atoms with van der Waals surface area (Å²) in [7, 11) is 2.08. The van der Waals surface area contributed by atoms with Gasteiger partial charge in [-0.1, -0.05) is 28.8 Å². The predicted octanol–water partition coefficient (Wildman–Crippen LogP) is 3.12. The lowest BCUT2D eigenvalue weighted by Gasteiger charge is -2.20. The summed E-state index contributed by atoms with van der Waals surface area (Å²) in [6, 6.07) is 0. The summed E-state index contributed by atoms with van der Waals surface area (Å²) in [6.45, 7) is 4.24. The monoisotopic (exact) mass is 281 g/mol. The van der Waals surface area contributed by atoms with E-state index < -0.39 is 0 Å². The van der Waals surface area contributed by atoms with Gasteiger partial charge in [-0.05, 0) is 26.1 Å². The molecule has 0 aliphatic heterocycles. The second-order valence-electron chi connectivity index (χ2n) is 2.51. The summed E-state index contributed by atoms with van der Waals surface area (Å²) in [4.78, 5) is 2.20. The summed E-state index contributed by atoms with van der Waals surface area (Å²) in [5.41, 5.74) is 1.72. The number of hydrogen-bond acceptors (Lipinski definition) is 1. The zero-order valence-corrected chi connectivity index (χ0v) is 10.4. The van der Waals surface area contributed by atoms with Gasteiger partial charge in [0.2, 0.25) is 0 Å². The summed E-state index contributed by atoms with van der Waals surface area (Å²) in [5.74, 6) is 0. The molecule has 0 aliphatic rings. The largest absolute Gasteiger partial charge is 0.412 e. The lowest BCUT2D eigenvalue weighted by atomic mass is 9.95. The molecule has 0 bridgehead atoms. The van der Waals surface area contributed by atoms with Gasteiger partial charge in [0.1, 0.15) is 0 Å². The van der Waals surface area contributed by atoms with Crippen molar-refractivity contribution in [3.63, 3.8) is 0 Å². The number of hydrogen-bond donors (Lipinski definition) is 0.